The van der Waals surface area contributed by atoms with E-state index in [1.165, 1.54) is 16.4 Å². The van der Waals surface area contributed by atoms with Crippen molar-refractivity contribution in [3.05, 3.63) is 64.4 Å². The Morgan fingerprint density at radius 3 is 2.17 bits per heavy atom. The van der Waals surface area contributed by atoms with Crippen LogP contribution in [0.15, 0.2) is 57.9 Å². The van der Waals surface area contributed by atoms with E-state index in [4.69, 9.17) is 0 Å². The Labute approximate surface area is 184 Å². The van der Waals surface area contributed by atoms with Crippen molar-refractivity contribution in [3.8, 4) is 0 Å². The first-order chi connectivity index (χ1) is 14.3. The zero-order valence-electron chi connectivity index (χ0n) is 16.3. The van der Waals surface area contributed by atoms with Crippen LogP contribution in [0.2, 0.25) is 0 Å². The highest BCUT2D eigenvalue weighted by molar-refractivity contribution is 9.10. The van der Waals surface area contributed by atoms with Crippen molar-refractivity contribution in [2.24, 2.45) is 0 Å². The third-order valence-corrected chi connectivity index (χ3v) is 7.89. The Bertz CT molecular complexity index is 1000. The highest BCUT2D eigenvalue weighted by Gasteiger charge is 2.36. The third kappa shape index (κ3) is 4.74. The van der Waals surface area contributed by atoms with E-state index in [2.05, 4.69) is 21.2 Å². The number of piperazine rings is 1. The normalized spacial score (nSPS) is 19.4. The fourth-order valence-corrected chi connectivity index (χ4v) is 5.33. The second kappa shape index (κ2) is 8.74. The molecule has 2 fully saturated rings. The summed E-state index contributed by atoms with van der Waals surface area (Å²) in [6.07, 6.45) is 1.95. The fraction of sp³-hybridized carbons (Fsp3) is 0.381. The molecule has 160 valence electrons. The van der Waals surface area contributed by atoms with E-state index < -0.39 is 16.1 Å². The van der Waals surface area contributed by atoms with Gasteiger partial charge in [-0.05, 0) is 54.8 Å². The molecule has 1 saturated carbocycles. The van der Waals surface area contributed by atoms with Crippen LogP contribution in [0.3, 0.4) is 0 Å². The molecule has 0 bridgehead atoms. The maximum atomic E-state index is 13.4. The van der Waals surface area contributed by atoms with Crippen LogP contribution in [-0.4, -0.2) is 55.8 Å². The molecule has 30 heavy (non-hydrogen) atoms. The highest BCUT2D eigenvalue weighted by Crippen LogP contribution is 2.27. The largest absolute Gasteiger partial charge is 0.352 e. The average Bonchev–Trinajstić information content (AvgIpc) is 3.54. The Morgan fingerprint density at radius 2 is 1.60 bits per heavy atom. The number of hydrogen-bond acceptors (Lipinski definition) is 4. The molecule has 1 amide bonds. The van der Waals surface area contributed by atoms with Gasteiger partial charge in [-0.2, -0.15) is 4.31 Å². The maximum Gasteiger partial charge on any atom is 0.243 e. The van der Waals surface area contributed by atoms with Crippen LogP contribution in [0.25, 0.3) is 0 Å². The maximum absolute atomic E-state index is 13.4. The van der Waals surface area contributed by atoms with Gasteiger partial charge in [-0.3, -0.25) is 9.69 Å². The van der Waals surface area contributed by atoms with Gasteiger partial charge < -0.3 is 5.32 Å². The van der Waals surface area contributed by atoms with E-state index in [1.54, 1.807) is 36.4 Å². The SMILES string of the molecule is O=C(NC1CC1)C(c1ccc(F)cc1)N1CCN(S(=O)(=O)c2ccc(Br)cc2)CC1. The van der Waals surface area contributed by atoms with Crippen molar-refractivity contribution in [3.63, 3.8) is 0 Å². The molecule has 4 rings (SSSR count). The van der Waals surface area contributed by atoms with E-state index >= 15 is 0 Å². The molecule has 1 aliphatic heterocycles. The number of sulfonamides is 1. The van der Waals surface area contributed by atoms with Gasteiger partial charge in [0, 0.05) is 36.7 Å². The molecular weight excluding hydrogens is 473 g/mol. The molecule has 0 spiro atoms. The second-order valence-corrected chi connectivity index (χ2v) is 10.5. The lowest BCUT2D eigenvalue weighted by atomic mass is 10.0. The smallest absolute Gasteiger partial charge is 0.243 e. The van der Waals surface area contributed by atoms with E-state index in [0.717, 1.165) is 17.3 Å². The molecule has 9 heteroatoms. The summed E-state index contributed by atoms with van der Waals surface area (Å²) in [5.41, 5.74) is 0.707. The summed E-state index contributed by atoms with van der Waals surface area (Å²) in [6, 6.07) is 12.2. The van der Waals surface area contributed by atoms with Crippen molar-refractivity contribution in [1.29, 1.82) is 0 Å². The Morgan fingerprint density at radius 1 is 1.00 bits per heavy atom. The quantitative estimate of drug-likeness (QED) is 0.668. The van der Waals surface area contributed by atoms with Gasteiger partial charge in [0.2, 0.25) is 15.9 Å². The molecule has 1 aliphatic carbocycles. The number of halogens is 2. The van der Waals surface area contributed by atoms with Crippen LogP contribution >= 0.6 is 15.9 Å². The molecule has 0 radical (unpaired) electrons. The van der Waals surface area contributed by atoms with Gasteiger partial charge in [-0.15, -0.1) is 0 Å². The van der Waals surface area contributed by atoms with Crippen LogP contribution in [0, 0.1) is 5.82 Å². The van der Waals surface area contributed by atoms with Gasteiger partial charge in [0.1, 0.15) is 11.9 Å². The van der Waals surface area contributed by atoms with Gasteiger partial charge in [-0.1, -0.05) is 28.1 Å². The molecule has 1 saturated heterocycles. The topological polar surface area (TPSA) is 69.7 Å². The monoisotopic (exact) mass is 495 g/mol. The van der Waals surface area contributed by atoms with Gasteiger partial charge in [0.25, 0.3) is 0 Å². The van der Waals surface area contributed by atoms with Crippen LogP contribution in [0.4, 0.5) is 4.39 Å². The summed E-state index contributed by atoms with van der Waals surface area (Å²) in [5.74, 6) is -0.473. The number of rotatable bonds is 6. The van der Waals surface area contributed by atoms with E-state index in [1.807, 2.05) is 4.90 Å². The number of carbonyl (C=O) groups excluding carboxylic acids is 1. The summed E-state index contributed by atoms with van der Waals surface area (Å²) < 4.78 is 41.5. The van der Waals surface area contributed by atoms with Crippen LogP contribution in [-0.2, 0) is 14.8 Å². The minimum Gasteiger partial charge on any atom is -0.352 e. The molecule has 1 N–H and O–H groups in total. The van der Waals surface area contributed by atoms with E-state index in [0.29, 0.717) is 18.7 Å². The minimum absolute atomic E-state index is 0.117. The number of nitrogens with zero attached hydrogens (tertiary/aromatic N) is 2. The molecule has 6 nitrogen and oxygen atoms in total. The first-order valence-electron chi connectivity index (χ1n) is 9.90. The fourth-order valence-electron chi connectivity index (χ4n) is 3.64. The standard InChI is InChI=1S/C21H23BrFN3O3S/c22-16-3-9-19(10-4-16)30(28,29)26-13-11-25(12-14-26)20(21(27)24-18-7-8-18)15-1-5-17(23)6-2-15/h1-6,9-10,18,20H,7-8,11-14H2,(H,24,27). The Balaban J connectivity index is 1.50. The molecule has 2 aromatic carbocycles. The third-order valence-electron chi connectivity index (χ3n) is 5.45. The predicted octanol–water partition coefficient (Wildman–Crippen LogP) is 2.91. The average molecular weight is 496 g/mol. The molecule has 2 aliphatic rings. The Hall–Kier alpha value is -1.81. The lowest BCUT2D eigenvalue weighted by molar-refractivity contribution is -0.127. The summed E-state index contributed by atoms with van der Waals surface area (Å²) in [7, 11) is -3.59. The lowest BCUT2D eigenvalue weighted by Gasteiger charge is -2.38. The van der Waals surface area contributed by atoms with Crippen LogP contribution in [0.1, 0.15) is 24.4 Å². The van der Waals surface area contributed by atoms with Crippen LogP contribution < -0.4 is 5.32 Å². The van der Waals surface area contributed by atoms with Crippen molar-refractivity contribution in [2.45, 2.75) is 29.8 Å². The molecule has 2 aromatic rings. The van der Waals surface area contributed by atoms with E-state index in [-0.39, 0.29) is 35.8 Å². The zero-order valence-corrected chi connectivity index (χ0v) is 18.7. The van der Waals surface area contributed by atoms with Gasteiger partial charge >= 0.3 is 0 Å². The predicted molar refractivity (Wildman–Crippen MR) is 115 cm³/mol. The van der Waals surface area contributed by atoms with Crippen molar-refractivity contribution < 1.29 is 17.6 Å². The van der Waals surface area contributed by atoms with Crippen molar-refractivity contribution in [2.75, 3.05) is 26.2 Å². The second-order valence-electron chi connectivity index (χ2n) is 7.63. The molecule has 1 atom stereocenters. The Kier molecular flexibility index (Phi) is 6.24. The molecule has 1 unspecified atom stereocenters. The number of amides is 1. The summed E-state index contributed by atoms with van der Waals surface area (Å²) in [6.45, 7) is 1.39. The van der Waals surface area contributed by atoms with Gasteiger partial charge in [-0.25, -0.2) is 12.8 Å². The van der Waals surface area contributed by atoms with Gasteiger partial charge in [0.15, 0.2) is 0 Å². The number of nitrogens with one attached hydrogen (secondary N) is 1. The summed E-state index contributed by atoms with van der Waals surface area (Å²) >= 11 is 3.32. The first kappa shape index (κ1) is 21.4. The minimum atomic E-state index is -3.59. The molecular formula is C21H23BrFN3O3S. The molecule has 1 heterocycles. The number of carbonyl (C=O) groups is 1. The highest BCUT2D eigenvalue weighted by atomic mass is 79.9. The van der Waals surface area contributed by atoms with E-state index in [9.17, 15) is 17.6 Å². The van der Waals surface area contributed by atoms with Gasteiger partial charge in [0.05, 0.1) is 4.90 Å². The number of benzene rings is 2. The lowest BCUT2D eigenvalue weighted by Crippen LogP contribution is -2.52. The number of hydrogen-bond donors (Lipinski definition) is 1. The van der Waals surface area contributed by atoms with Crippen molar-refractivity contribution >= 4 is 31.9 Å². The first-order valence-corrected chi connectivity index (χ1v) is 12.1. The summed E-state index contributed by atoms with van der Waals surface area (Å²) in [5, 5.41) is 3.03. The van der Waals surface area contributed by atoms with Crippen molar-refractivity contribution in [1.82, 2.24) is 14.5 Å². The molecule has 0 aromatic heterocycles. The zero-order chi connectivity index (χ0) is 21.3. The van der Waals surface area contributed by atoms with Crippen LogP contribution in [0.5, 0.6) is 0 Å². The summed E-state index contributed by atoms with van der Waals surface area (Å²) in [4.78, 5) is 15.1.